The summed E-state index contributed by atoms with van der Waals surface area (Å²) >= 11 is 0. The Kier molecular flexibility index (Phi) is 4.79. The predicted octanol–water partition coefficient (Wildman–Crippen LogP) is 3.42. The van der Waals surface area contributed by atoms with Crippen molar-refractivity contribution in [1.29, 1.82) is 0 Å². The van der Waals surface area contributed by atoms with Gasteiger partial charge in [-0.2, -0.15) is 0 Å². The lowest BCUT2D eigenvalue weighted by molar-refractivity contribution is 0.0227. The fraction of sp³-hybridized carbons (Fsp3) is 0.208. The molecule has 0 N–H and O–H groups in total. The Morgan fingerprint density at radius 3 is 1.93 bits per heavy atom. The lowest BCUT2D eigenvalue weighted by Gasteiger charge is -2.33. The first-order valence-corrected chi connectivity index (χ1v) is 11.8. The van der Waals surface area contributed by atoms with Gasteiger partial charge in [0.2, 0.25) is 0 Å². The second-order valence-corrected chi connectivity index (χ2v) is 10.4. The highest BCUT2D eigenvalue weighted by Gasteiger charge is 2.52. The van der Waals surface area contributed by atoms with E-state index in [0.717, 1.165) is 21.6 Å². The van der Waals surface area contributed by atoms with Crippen LogP contribution in [0.3, 0.4) is 0 Å². The zero-order chi connectivity index (χ0) is 19.7. The zero-order valence-corrected chi connectivity index (χ0v) is 17.3. The maximum absolute atomic E-state index is 6.89. The number of nitrogens with zero attached hydrogens (tertiary/aromatic N) is 1. The molecule has 0 bridgehead atoms. The summed E-state index contributed by atoms with van der Waals surface area (Å²) in [5.74, 6) is 0.0270. The summed E-state index contributed by atoms with van der Waals surface area (Å²) < 4.78 is 13.5. The van der Waals surface area contributed by atoms with Gasteiger partial charge in [-0.1, -0.05) is 96.2 Å². The summed E-state index contributed by atoms with van der Waals surface area (Å²) in [5, 5.41) is 6.63. The second-order valence-electron chi connectivity index (χ2n) is 7.51. The van der Waals surface area contributed by atoms with Crippen molar-refractivity contribution in [1.82, 2.24) is 0 Å². The van der Waals surface area contributed by atoms with Crippen LogP contribution >= 0.6 is 0 Å². The molecule has 0 amide bonds. The first-order chi connectivity index (χ1) is 14.3. The minimum Gasteiger partial charge on any atom is -0.387 e. The van der Waals surface area contributed by atoms with Crippen LogP contribution in [0.5, 0.6) is 0 Å². The van der Waals surface area contributed by atoms with Crippen molar-refractivity contribution in [2.75, 3.05) is 6.61 Å². The molecular formula is C24H23NO3Si. The number of benzene rings is 3. The first-order valence-electron chi connectivity index (χ1n) is 9.98. The Balaban J connectivity index is 1.57. The third-order valence-electron chi connectivity index (χ3n) is 5.71. The largest absolute Gasteiger partial charge is 0.407 e. The van der Waals surface area contributed by atoms with Gasteiger partial charge < -0.3 is 13.7 Å². The summed E-state index contributed by atoms with van der Waals surface area (Å²) in [6.45, 7) is 2.53. The van der Waals surface area contributed by atoms with Crippen LogP contribution in [0.2, 0.25) is 0 Å². The first kappa shape index (κ1) is 18.3. The molecule has 5 rings (SSSR count). The molecule has 146 valence electrons. The molecule has 5 heteroatoms. The van der Waals surface area contributed by atoms with E-state index in [1.807, 2.05) is 54.6 Å². The van der Waals surface area contributed by atoms with Gasteiger partial charge in [-0.15, -0.1) is 0 Å². The van der Waals surface area contributed by atoms with Crippen molar-refractivity contribution < 1.29 is 13.7 Å². The zero-order valence-electron chi connectivity index (χ0n) is 16.3. The molecule has 4 nitrogen and oxygen atoms in total. The highest BCUT2D eigenvalue weighted by atomic mass is 28.4. The SMILES string of the molecule is C[C@H]1O[Si](c2ccccc2)(c2ccccc2)OCC2=NO[C@H](c3ccccc3)[C@H]21. The van der Waals surface area contributed by atoms with E-state index in [4.69, 9.17) is 13.7 Å². The highest BCUT2D eigenvalue weighted by Crippen LogP contribution is 2.38. The molecule has 3 aromatic rings. The van der Waals surface area contributed by atoms with Gasteiger partial charge in [0.05, 0.1) is 24.3 Å². The Labute approximate surface area is 172 Å². The van der Waals surface area contributed by atoms with Crippen LogP contribution in [-0.4, -0.2) is 27.0 Å². The van der Waals surface area contributed by atoms with Gasteiger partial charge in [-0.05, 0) is 22.9 Å². The molecule has 1 fully saturated rings. The maximum atomic E-state index is 6.89. The molecule has 0 aliphatic carbocycles. The number of hydrogen-bond acceptors (Lipinski definition) is 4. The van der Waals surface area contributed by atoms with Gasteiger partial charge in [0, 0.05) is 0 Å². The molecule has 29 heavy (non-hydrogen) atoms. The van der Waals surface area contributed by atoms with Gasteiger partial charge in [-0.25, -0.2) is 0 Å². The molecule has 2 aliphatic rings. The minimum absolute atomic E-state index is 0.0270. The third kappa shape index (κ3) is 3.21. The van der Waals surface area contributed by atoms with E-state index in [1.54, 1.807) is 0 Å². The topological polar surface area (TPSA) is 40.0 Å². The molecule has 0 radical (unpaired) electrons. The van der Waals surface area contributed by atoms with E-state index in [-0.39, 0.29) is 18.1 Å². The number of oxime groups is 1. The third-order valence-corrected chi connectivity index (χ3v) is 9.15. The Hall–Kier alpha value is -2.73. The lowest BCUT2D eigenvalue weighted by Crippen LogP contribution is -2.64. The van der Waals surface area contributed by atoms with Gasteiger partial charge >= 0.3 is 8.56 Å². The second kappa shape index (κ2) is 7.59. The normalized spacial score (nSPS) is 25.4. The Morgan fingerprint density at radius 2 is 1.34 bits per heavy atom. The van der Waals surface area contributed by atoms with E-state index >= 15 is 0 Å². The molecule has 2 aliphatic heterocycles. The van der Waals surface area contributed by atoms with Crippen LogP contribution in [0, 0.1) is 5.92 Å². The number of hydrogen-bond donors (Lipinski definition) is 0. The summed E-state index contributed by atoms with van der Waals surface area (Å²) in [7, 11) is -2.88. The van der Waals surface area contributed by atoms with Gasteiger partial charge in [-0.3, -0.25) is 0 Å². The predicted molar refractivity (Wildman–Crippen MR) is 116 cm³/mol. The van der Waals surface area contributed by atoms with Crippen LogP contribution in [0.1, 0.15) is 18.6 Å². The van der Waals surface area contributed by atoms with Gasteiger partial charge in [0.1, 0.15) is 0 Å². The minimum atomic E-state index is -2.88. The van der Waals surface area contributed by atoms with Crippen molar-refractivity contribution in [3.63, 3.8) is 0 Å². The van der Waals surface area contributed by atoms with Crippen LogP contribution < -0.4 is 10.4 Å². The van der Waals surface area contributed by atoms with Crippen molar-refractivity contribution in [2.24, 2.45) is 11.1 Å². The number of fused-ring (bicyclic) bond motifs is 1. The molecule has 0 aromatic heterocycles. The van der Waals surface area contributed by atoms with Crippen LogP contribution in [0.25, 0.3) is 0 Å². The molecule has 2 heterocycles. The summed E-state index contributed by atoms with van der Waals surface area (Å²) in [6.07, 6.45) is -0.253. The molecule has 3 atom stereocenters. The Morgan fingerprint density at radius 1 is 0.793 bits per heavy atom. The Bertz CT molecular complexity index is 955. The van der Waals surface area contributed by atoms with Crippen molar-refractivity contribution in [2.45, 2.75) is 19.1 Å². The molecule has 0 saturated carbocycles. The molecule has 0 unspecified atom stereocenters. The van der Waals surface area contributed by atoms with Crippen LogP contribution in [-0.2, 0) is 13.7 Å². The summed E-state index contributed by atoms with van der Waals surface area (Å²) in [5.41, 5.74) is 2.04. The van der Waals surface area contributed by atoms with Gasteiger partial charge in [0.15, 0.2) is 6.10 Å². The standard InChI is InChI=1S/C24H23NO3Si/c1-18-23-22(25-27-24(23)19-11-5-2-6-12-19)17-26-29(28-18,20-13-7-3-8-14-20)21-15-9-4-10-16-21/h2-16,18,23-24H,17H2,1H3/t18-,23+,24-/m1/s1. The fourth-order valence-corrected chi connectivity index (χ4v) is 7.60. The maximum Gasteiger partial charge on any atom is 0.407 e. The summed E-state index contributed by atoms with van der Waals surface area (Å²) in [4.78, 5) is 5.83. The fourth-order valence-electron chi connectivity index (χ4n) is 4.31. The lowest BCUT2D eigenvalue weighted by atomic mass is 9.88. The smallest absolute Gasteiger partial charge is 0.387 e. The van der Waals surface area contributed by atoms with E-state index < -0.39 is 8.56 Å². The van der Waals surface area contributed by atoms with Crippen molar-refractivity contribution >= 4 is 24.6 Å². The monoisotopic (exact) mass is 401 g/mol. The van der Waals surface area contributed by atoms with E-state index in [2.05, 4.69) is 48.5 Å². The van der Waals surface area contributed by atoms with Crippen LogP contribution in [0.15, 0.2) is 96.2 Å². The molecule has 1 saturated heterocycles. The van der Waals surface area contributed by atoms with E-state index in [1.165, 1.54) is 0 Å². The van der Waals surface area contributed by atoms with Crippen molar-refractivity contribution in [3.8, 4) is 0 Å². The van der Waals surface area contributed by atoms with E-state index in [0.29, 0.717) is 6.61 Å². The molecular weight excluding hydrogens is 378 g/mol. The average Bonchev–Trinajstić information content (AvgIpc) is 3.16. The highest BCUT2D eigenvalue weighted by molar-refractivity contribution is 6.92. The number of rotatable bonds is 3. The quantitative estimate of drug-likeness (QED) is 0.632. The summed E-state index contributed by atoms with van der Waals surface area (Å²) in [6, 6.07) is 30.9. The van der Waals surface area contributed by atoms with Crippen molar-refractivity contribution in [3.05, 3.63) is 96.6 Å². The average molecular weight is 402 g/mol. The molecule has 0 spiro atoms. The van der Waals surface area contributed by atoms with E-state index in [9.17, 15) is 0 Å². The van der Waals surface area contributed by atoms with Crippen LogP contribution in [0.4, 0.5) is 0 Å². The van der Waals surface area contributed by atoms with Gasteiger partial charge in [0.25, 0.3) is 0 Å². The molecule has 3 aromatic carbocycles.